The van der Waals surface area contributed by atoms with E-state index in [1.165, 1.54) is 0 Å². The highest BCUT2D eigenvalue weighted by Crippen LogP contribution is 2.27. The molecule has 124 valence electrons. The molecule has 0 amide bonds. The van der Waals surface area contributed by atoms with Crippen molar-refractivity contribution in [3.63, 3.8) is 0 Å². The first-order valence-electron chi connectivity index (χ1n) is 7.52. The first kappa shape index (κ1) is 15.3. The zero-order chi connectivity index (χ0) is 17.1. The van der Waals surface area contributed by atoms with Crippen LogP contribution < -0.4 is 10.1 Å². The molecular weight excluding hydrogens is 340 g/mol. The van der Waals surface area contributed by atoms with E-state index in [1.807, 2.05) is 24.3 Å². The van der Waals surface area contributed by atoms with Crippen LogP contribution in [0.25, 0.3) is 10.8 Å². The predicted octanol–water partition coefficient (Wildman–Crippen LogP) is 3.72. The molecule has 3 aromatic heterocycles. The number of halogens is 1. The minimum atomic E-state index is 0.204. The molecule has 0 saturated carbocycles. The van der Waals surface area contributed by atoms with Crippen LogP contribution in [0.15, 0.2) is 55.2 Å². The monoisotopic (exact) mass is 352 g/mol. The number of hydrogen-bond acceptors (Lipinski definition) is 6. The van der Waals surface area contributed by atoms with Crippen LogP contribution in [0.5, 0.6) is 5.75 Å². The first-order valence-corrected chi connectivity index (χ1v) is 7.89. The highest BCUT2D eigenvalue weighted by Gasteiger charge is 2.06. The molecular formula is C17H13ClN6O. The molecule has 8 heteroatoms. The summed E-state index contributed by atoms with van der Waals surface area (Å²) in [4.78, 5) is 12.3. The molecule has 0 aliphatic rings. The topological polar surface area (TPSA) is 88.6 Å². The van der Waals surface area contributed by atoms with Crippen molar-refractivity contribution < 1.29 is 4.74 Å². The Labute approximate surface area is 148 Å². The van der Waals surface area contributed by atoms with Crippen molar-refractivity contribution in [2.24, 2.45) is 0 Å². The fourth-order valence-electron chi connectivity index (χ4n) is 2.38. The molecule has 0 fully saturated rings. The second-order valence-electron chi connectivity index (χ2n) is 5.30. The third-order valence-corrected chi connectivity index (χ3v) is 3.77. The maximum absolute atomic E-state index is 5.79. The molecule has 4 aromatic rings. The van der Waals surface area contributed by atoms with Gasteiger partial charge in [-0.2, -0.15) is 5.10 Å². The van der Waals surface area contributed by atoms with Gasteiger partial charge in [0, 0.05) is 23.3 Å². The summed E-state index contributed by atoms with van der Waals surface area (Å²) in [6.07, 6.45) is 8.50. The Morgan fingerprint density at radius 3 is 2.76 bits per heavy atom. The number of nitrogens with zero attached hydrogens (tertiary/aromatic N) is 4. The summed E-state index contributed by atoms with van der Waals surface area (Å²) in [6, 6.07) is 7.78. The Morgan fingerprint density at radius 1 is 1.08 bits per heavy atom. The van der Waals surface area contributed by atoms with Crippen molar-refractivity contribution in [3.8, 4) is 5.75 Å². The van der Waals surface area contributed by atoms with Gasteiger partial charge in [-0.3, -0.25) is 5.10 Å². The molecule has 25 heavy (non-hydrogen) atoms. The van der Waals surface area contributed by atoms with Crippen LogP contribution >= 0.6 is 11.6 Å². The fourth-order valence-corrected chi connectivity index (χ4v) is 2.48. The standard InChI is InChI=1S/C17H13ClN6O/c18-17-20-8-13(9-21-17)24-16-15-2-1-14(5-12(15)3-4-19-16)25-10-11-6-22-23-7-11/h1-9H,10H2,(H,19,24)(H,22,23). The van der Waals surface area contributed by atoms with Crippen LogP contribution in [0.2, 0.25) is 5.28 Å². The maximum Gasteiger partial charge on any atom is 0.222 e. The van der Waals surface area contributed by atoms with E-state index in [-0.39, 0.29) is 5.28 Å². The molecule has 4 rings (SSSR count). The largest absolute Gasteiger partial charge is 0.489 e. The average Bonchev–Trinajstić information content (AvgIpc) is 3.15. The lowest BCUT2D eigenvalue weighted by atomic mass is 10.1. The molecule has 0 unspecified atom stereocenters. The van der Waals surface area contributed by atoms with Gasteiger partial charge in [0.25, 0.3) is 0 Å². The van der Waals surface area contributed by atoms with Crippen molar-refractivity contribution in [1.82, 2.24) is 25.1 Å². The number of ether oxygens (including phenoxy) is 1. The number of aromatic nitrogens is 5. The van der Waals surface area contributed by atoms with Crippen molar-refractivity contribution in [3.05, 3.63) is 66.1 Å². The van der Waals surface area contributed by atoms with Gasteiger partial charge in [0.05, 0.1) is 24.3 Å². The summed E-state index contributed by atoms with van der Waals surface area (Å²) in [6.45, 7) is 0.459. The highest BCUT2D eigenvalue weighted by molar-refractivity contribution is 6.28. The van der Waals surface area contributed by atoms with E-state index in [9.17, 15) is 0 Å². The normalized spacial score (nSPS) is 10.8. The van der Waals surface area contributed by atoms with E-state index in [1.54, 1.807) is 31.0 Å². The van der Waals surface area contributed by atoms with Crippen molar-refractivity contribution in [2.75, 3.05) is 5.32 Å². The predicted molar refractivity (Wildman–Crippen MR) is 95.0 cm³/mol. The van der Waals surface area contributed by atoms with Gasteiger partial charge in [-0.25, -0.2) is 15.0 Å². The number of pyridine rings is 1. The summed E-state index contributed by atoms with van der Waals surface area (Å²) >= 11 is 5.71. The van der Waals surface area contributed by atoms with Crippen molar-refractivity contribution in [1.29, 1.82) is 0 Å². The van der Waals surface area contributed by atoms with Gasteiger partial charge >= 0.3 is 0 Å². The lowest BCUT2D eigenvalue weighted by Crippen LogP contribution is -1.97. The number of anilines is 2. The third kappa shape index (κ3) is 3.51. The summed E-state index contributed by atoms with van der Waals surface area (Å²) in [5.74, 6) is 1.49. The number of H-pyrrole nitrogens is 1. The third-order valence-electron chi connectivity index (χ3n) is 3.58. The molecule has 0 aliphatic heterocycles. The Morgan fingerprint density at radius 2 is 1.96 bits per heavy atom. The molecule has 0 bridgehead atoms. The zero-order valence-electron chi connectivity index (χ0n) is 13.0. The van der Waals surface area contributed by atoms with Crippen LogP contribution in [-0.2, 0) is 6.61 Å². The molecule has 0 atom stereocenters. The second kappa shape index (κ2) is 6.74. The van der Waals surface area contributed by atoms with Gasteiger partial charge in [0.2, 0.25) is 5.28 Å². The number of hydrogen-bond donors (Lipinski definition) is 2. The smallest absolute Gasteiger partial charge is 0.222 e. The SMILES string of the molecule is Clc1ncc(Nc2nccc3cc(OCc4cn[nH]c4)ccc23)cn1. The molecule has 7 nitrogen and oxygen atoms in total. The van der Waals surface area contributed by atoms with E-state index in [0.29, 0.717) is 18.1 Å². The summed E-state index contributed by atoms with van der Waals surface area (Å²) in [7, 11) is 0. The second-order valence-corrected chi connectivity index (χ2v) is 5.64. The Balaban J connectivity index is 1.57. The van der Waals surface area contributed by atoms with E-state index < -0.39 is 0 Å². The summed E-state index contributed by atoms with van der Waals surface area (Å²) in [5, 5.41) is 12.0. The number of nitrogens with one attached hydrogen (secondary N) is 2. The lowest BCUT2D eigenvalue weighted by molar-refractivity contribution is 0.306. The lowest BCUT2D eigenvalue weighted by Gasteiger charge is -2.10. The van der Waals surface area contributed by atoms with Crippen LogP contribution in [-0.4, -0.2) is 25.1 Å². The van der Waals surface area contributed by atoms with Crippen molar-refractivity contribution in [2.45, 2.75) is 6.61 Å². The number of aromatic amines is 1. The fraction of sp³-hybridized carbons (Fsp3) is 0.0588. The minimum absolute atomic E-state index is 0.204. The average molecular weight is 353 g/mol. The highest BCUT2D eigenvalue weighted by atomic mass is 35.5. The van der Waals surface area contributed by atoms with Crippen LogP contribution in [0.1, 0.15) is 5.56 Å². The number of rotatable bonds is 5. The van der Waals surface area contributed by atoms with Gasteiger partial charge in [0.15, 0.2) is 0 Å². The van der Waals surface area contributed by atoms with Crippen LogP contribution in [0.3, 0.4) is 0 Å². The van der Waals surface area contributed by atoms with Gasteiger partial charge in [-0.05, 0) is 41.3 Å². The van der Waals surface area contributed by atoms with E-state index in [4.69, 9.17) is 16.3 Å². The van der Waals surface area contributed by atoms with Gasteiger partial charge in [-0.1, -0.05) is 0 Å². The van der Waals surface area contributed by atoms with Gasteiger partial charge < -0.3 is 10.1 Å². The number of fused-ring (bicyclic) bond motifs is 1. The summed E-state index contributed by atoms with van der Waals surface area (Å²) in [5.41, 5.74) is 1.70. The van der Waals surface area contributed by atoms with E-state index in [0.717, 1.165) is 22.1 Å². The van der Waals surface area contributed by atoms with E-state index in [2.05, 4.69) is 30.5 Å². The first-order chi connectivity index (χ1) is 12.3. The molecule has 2 N–H and O–H groups in total. The Bertz CT molecular complexity index is 988. The van der Waals surface area contributed by atoms with Gasteiger partial charge in [-0.15, -0.1) is 0 Å². The van der Waals surface area contributed by atoms with Gasteiger partial charge in [0.1, 0.15) is 18.2 Å². The molecule has 0 aliphatic carbocycles. The molecule has 0 radical (unpaired) electrons. The van der Waals surface area contributed by atoms with Crippen LogP contribution in [0.4, 0.5) is 11.5 Å². The Hall–Kier alpha value is -3.19. The van der Waals surface area contributed by atoms with Crippen molar-refractivity contribution >= 4 is 33.9 Å². The van der Waals surface area contributed by atoms with E-state index >= 15 is 0 Å². The minimum Gasteiger partial charge on any atom is -0.489 e. The summed E-state index contributed by atoms with van der Waals surface area (Å²) < 4.78 is 5.79. The number of benzene rings is 1. The molecule has 3 heterocycles. The Kier molecular flexibility index (Phi) is 4.14. The van der Waals surface area contributed by atoms with Crippen LogP contribution in [0, 0.1) is 0 Å². The quantitative estimate of drug-likeness (QED) is 0.532. The molecule has 0 saturated heterocycles. The zero-order valence-corrected chi connectivity index (χ0v) is 13.7. The maximum atomic E-state index is 5.79. The molecule has 1 aromatic carbocycles. The molecule has 0 spiro atoms.